The average molecular weight is 538 g/mol. The minimum absolute atomic E-state index is 0.0142. The van der Waals surface area contributed by atoms with Gasteiger partial charge in [0.2, 0.25) is 15.9 Å². The first-order valence-corrected chi connectivity index (χ1v) is 15.1. The second-order valence-corrected chi connectivity index (χ2v) is 13.4. The molecule has 0 radical (unpaired) electrons. The second-order valence-electron chi connectivity index (χ2n) is 11.4. The van der Waals surface area contributed by atoms with Crippen LogP contribution in [0.4, 0.5) is 0 Å². The zero-order valence-corrected chi connectivity index (χ0v) is 24.5. The number of piperidine rings is 2. The van der Waals surface area contributed by atoms with Gasteiger partial charge in [0.05, 0.1) is 18.6 Å². The normalized spacial score (nSPS) is 18.4. The zero-order chi connectivity index (χ0) is 27.2. The predicted octanol–water partition coefficient (Wildman–Crippen LogP) is 3.70. The molecule has 0 aliphatic carbocycles. The number of likely N-dealkylation sites (tertiary alicyclic amines) is 2. The monoisotopic (exact) mass is 537 g/mol. The fourth-order valence-corrected chi connectivity index (χ4v) is 7.45. The molecule has 0 N–H and O–H groups in total. The van der Waals surface area contributed by atoms with E-state index in [2.05, 4.69) is 18.7 Å². The van der Waals surface area contributed by atoms with Crippen LogP contribution in [0.3, 0.4) is 0 Å². The molecule has 0 atom stereocenters. The highest BCUT2D eigenvalue weighted by Crippen LogP contribution is 2.36. The highest BCUT2D eigenvalue weighted by Gasteiger charge is 2.35. The molecule has 0 unspecified atom stereocenters. The zero-order valence-electron chi connectivity index (χ0n) is 23.7. The van der Waals surface area contributed by atoms with Crippen molar-refractivity contribution in [1.29, 1.82) is 0 Å². The molecule has 3 rings (SSSR count). The Morgan fingerprint density at radius 1 is 1.05 bits per heavy atom. The topological polar surface area (TPSA) is 79.4 Å². The van der Waals surface area contributed by atoms with Crippen LogP contribution in [0.25, 0.3) is 0 Å². The minimum atomic E-state index is -3.68. The van der Waals surface area contributed by atoms with Gasteiger partial charge >= 0.3 is 0 Å². The summed E-state index contributed by atoms with van der Waals surface area (Å²) in [5.41, 5.74) is 1.53. The lowest BCUT2D eigenvalue weighted by molar-refractivity contribution is -0.138. The predicted molar refractivity (Wildman–Crippen MR) is 146 cm³/mol. The number of hydrogen-bond donors (Lipinski definition) is 0. The Bertz CT molecular complexity index is 990. The van der Waals surface area contributed by atoms with Gasteiger partial charge in [-0.1, -0.05) is 20.3 Å². The summed E-state index contributed by atoms with van der Waals surface area (Å²) < 4.78 is 38.4. The first-order chi connectivity index (χ1) is 17.5. The number of hydrogen-bond acceptors (Lipinski definition) is 6. The highest BCUT2D eigenvalue weighted by molar-refractivity contribution is 7.89. The van der Waals surface area contributed by atoms with Gasteiger partial charge in [-0.25, -0.2) is 8.42 Å². The van der Waals surface area contributed by atoms with E-state index < -0.39 is 10.0 Å². The third-order valence-electron chi connectivity index (χ3n) is 8.15. The molecule has 0 aromatic heterocycles. The van der Waals surface area contributed by atoms with Gasteiger partial charge in [0.1, 0.15) is 12.4 Å². The molecule has 2 saturated heterocycles. The molecular weight excluding hydrogens is 490 g/mol. The maximum Gasteiger partial charge on any atom is 0.248 e. The Balaban J connectivity index is 1.42. The molecule has 2 heterocycles. The smallest absolute Gasteiger partial charge is 0.248 e. The standard InChI is InChI=1S/C28H47N3O5S/c1-22-18-25(35-6)19-23(2)27(22)37(33,34)29(5)16-17-36-20-26(32)31-14-10-24(11-15-31)28(3,4)21-30-12-8-7-9-13-30/h18-19,24H,7-17,20-21H2,1-6H3. The number of carbonyl (C=O) groups excluding carboxylic acids is 1. The van der Waals surface area contributed by atoms with E-state index in [9.17, 15) is 13.2 Å². The minimum Gasteiger partial charge on any atom is -0.497 e. The van der Waals surface area contributed by atoms with Crippen molar-refractivity contribution in [3.05, 3.63) is 23.3 Å². The van der Waals surface area contributed by atoms with E-state index in [-0.39, 0.29) is 36.0 Å². The first kappa shape index (κ1) is 29.9. The van der Waals surface area contributed by atoms with Crippen LogP contribution in [0.5, 0.6) is 5.75 Å². The molecule has 9 heteroatoms. The number of aryl methyl sites for hydroxylation is 2. The molecule has 2 aliphatic heterocycles. The molecule has 1 aromatic carbocycles. The van der Waals surface area contributed by atoms with Crippen molar-refractivity contribution in [1.82, 2.24) is 14.1 Å². The summed E-state index contributed by atoms with van der Waals surface area (Å²) in [5.74, 6) is 1.23. The van der Waals surface area contributed by atoms with Gasteiger partial charge in [0.15, 0.2) is 0 Å². The summed E-state index contributed by atoms with van der Waals surface area (Å²) in [4.78, 5) is 17.5. The second kappa shape index (κ2) is 12.9. The molecular formula is C28H47N3O5S. The average Bonchev–Trinajstić information content (AvgIpc) is 2.86. The fraction of sp³-hybridized carbons (Fsp3) is 0.750. The van der Waals surface area contributed by atoms with Gasteiger partial charge in [-0.2, -0.15) is 4.31 Å². The van der Waals surface area contributed by atoms with Crippen molar-refractivity contribution < 1.29 is 22.7 Å². The van der Waals surface area contributed by atoms with Crippen LogP contribution in [0.1, 0.15) is 57.1 Å². The SMILES string of the molecule is COc1cc(C)c(S(=O)(=O)N(C)CCOCC(=O)N2CCC(C(C)(C)CN3CCCCC3)CC2)c(C)c1. The molecule has 37 heavy (non-hydrogen) atoms. The quantitative estimate of drug-likeness (QED) is 0.401. The Kier molecular flexibility index (Phi) is 10.4. The number of nitrogens with zero attached hydrogens (tertiary/aromatic N) is 3. The van der Waals surface area contributed by atoms with Crippen LogP contribution in [0.15, 0.2) is 17.0 Å². The summed E-state index contributed by atoms with van der Waals surface area (Å²) in [7, 11) is -0.575. The fourth-order valence-electron chi connectivity index (χ4n) is 5.89. The number of amides is 1. The number of likely N-dealkylation sites (N-methyl/N-ethyl adjacent to an activating group) is 1. The maximum absolute atomic E-state index is 13.1. The number of sulfonamides is 1. The number of benzene rings is 1. The lowest BCUT2D eigenvalue weighted by atomic mass is 9.73. The largest absolute Gasteiger partial charge is 0.497 e. The summed E-state index contributed by atoms with van der Waals surface area (Å²) in [6, 6.07) is 3.45. The van der Waals surface area contributed by atoms with Gasteiger partial charge < -0.3 is 19.3 Å². The van der Waals surface area contributed by atoms with Gasteiger partial charge in [-0.05, 0) is 87.2 Å². The van der Waals surface area contributed by atoms with Gasteiger partial charge in [-0.15, -0.1) is 0 Å². The van der Waals surface area contributed by atoms with Crippen molar-refractivity contribution >= 4 is 15.9 Å². The van der Waals surface area contributed by atoms with E-state index in [1.807, 2.05) is 4.90 Å². The summed E-state index contributed by atoms with van der Waals surface area (Å²) in [5, 5.41) is 0. The van der Waals surface area contributed by atoms with E-state index in [1.165, 1.54) is 36.7 Å². The van der Waals surface area contributed by atoms with Crippen LogP contribution in [0.2, 0.25) is 0 Å². The van der Waals surface area contributed by atoms with Crippen LogP contribution in [0, 0.1) is 25.2 Å². The molecule has 8 nitrogen and oxygen atoms in total. The first-order valence-electron chi connectivity index (χ1n) is 13.6. The molecule has 0 bridgehead atoms. The van der Waals surface area contributed by atoms with Gasteiger partial charge in [0.25, 0.3) is 0 Å². The molecule has 2 fully saturated rings. The number of rotatable bonds is 11. The van der Waals surface area contributed by atoms with Crippen molar-refractivity contribution in [2.45, 2.75) is 64.7 Å². The number of carbonyl (C=O) groups is 1. The van der Waals surface area contributed by atoms with Crippen LogP contribution in [-0.4, -0.2) is 95.1 Å². The molecule has 2 aliphatic rings. The van der Waals surface area contributed by atoms with Crippen molar-refractivity contribution in [2.75, 3.05) is 66.6 Å². The Labute approximate surface area is 224 Å². The molecule has 210 valence electrons. The Morgan fingerprint density at radius 2 is 1.65 bits per heavy atom. The molecule has 1 amide bonds. The number of ether oxygens (including phenoxy) is 2. The van der Waals surface area contributed by atoms with Crippen molar-refractivity contribution in [3.8, 4) is 5.75 Å². The number of methoxy groups -OCH3 is 1. The van der Waals surface area contributed by atoms with Gasteiger partial charge in [-0.3, -0.25) is 4.79 Å². The highest BCUT2D eigenvalue weighted by atomic mass is 32.2. The van der Waals surface area contributed by atoms with Crippen LogP contribution >= 0.6 is 0 Å². The third kappa shape index (κ3) is 7.68. The lowest BCUT2D eigenvalue weighted by Gasteiger charge is -2.43. The molecule has 0 saturated carbocycles. The van der Waals surface area contributed by atoms with Crippen LogP contribution < -0.4 is 4.74 Å². The lowest BCUT2D eigenvalue weighted by Crippen LogP contribution is -2.47. The summed E-state index contributed by atoms with van der Waals surface area (Å²) in [6.07, 6.45) is 6.02. The van der Waals surface area contributed by atoms with Gasteiger partial charge in [0, 0.05) is 33.2 Å². The van der Waals surface area contributed by atoms with Crippen molar-refractivity contribution in [2.24, 2.45) is 11.3 Å². The van der Waals surface area contributed by atoms with E-state index in [0.717, 1.165) is 32.5 Å². The van der Waals surface area contributed by atoms with E-state index in [1.54, 1.807) is 40.1 Å². The summed E-state index contributed by atoms with van der Waals surface area (Å²) in [6.45, 7) is 13.7. The van der Waals surface area contributed by atoms with E-state index in [0.29, 0.717) is 22.8 Å². The molecule has 0 spiro atoms. The van der Waals surface area contributed by atoms with E-state index >= 15 is 0 Å². The third-order valence-corrected chi connectivity index (χ3v) is 10.3. The summed E-state index contributed by atoms with van der Waals surface area (Å²) >= 11 is 0. The Hall–Kier alpha value is -1.68. The molecule has 1 aromatic rings. The maximum atomic E-state index is 13.1. The van der Waals surface area contributed by atoms with Crippen LogP contribution in [-0.2, 0) is 19.6 Å². The Morgan fingerprint density at radius 3 is 2.22 bits per heavy atom. The van der Waals surface area contributed by atoms with Crippen molar-refractivity contribution in [3.63, 3.8) is 0 Å². The van der Waals surface area contributed by atoms with E-state index in [4.69, 9.17) is 9.47 Å².